The van der Waals surface area contributed by atoms with Gasteiger partial charge in [0, 0.05) is 17.1 Å². The van der Waals surface area contributed by atoms with Gasteiger partial charge < -0.3 is 14.6 Å². The van der Waals surface area contributed by atoms with E-state index in [1.807, 2.05) is 37.5 Å². The molecule has 190 valence electrons. The molecular formula is C27H24ClN3O5S. The van der Waals surface area contributed by atoms with Gasteiger partial charge in [0.05, 0.1) is 28.3 Å². The molecular weight excluding hydrogens is 514 g/mol. The van der Waals surface area contributed by atoms with Crippen molar-refractivity contribution in [3.05, 3.63) is 86.5 Å². The molecule has 1 aliphatic heterocycles. The number of nitrogens with one attached hydrogen (secondary N) is 1. The maximum Gasteiger partial charge on any atom is 0.337 e. The average Bonchev–Trinajstić information content (AvgIpc) is 3.28. The number of thioether (sulfide) groups is 1. The van der Waals surface area contributed by atoms with Crippen molar-refractivity contribution in [1.82, 2.24) is 9.47 Å². The molecule has 8 nitrogen and oxygen atoms in total. The van der Waals surface area contributed by atoms with Crippen molar-refractivity contribution in [2.45, 2.75) is 20.8 Å². The van der Waals surface area contributed by atoms with Crippen LogP contribution in [0.5, 0.6) is 0 Å². The lowest BCUT2D eigenvalue weighted by atomic mass is 10.1. The highest BCUT2D eigenvalue weighted by molar-refractivity contribution is 8.18. The van der Waals surface area contributed by atoms with Crippen LogP contribution in [0.4, 0.5) is 10.5 Å². The zero-order chi connectivity index (χ0) is 26.9. The van der Waals surface area contributed by atoms with Gasteiger partial charge in [-0.3, -0.25) is 19.3 Å². The van der Waals surface area contributed by atoms with E-state index in [0.717, 1.165) is 44.9 Å². The Morgan fingerprint density at radius 3 is 2.49 bits per heavy atom. The molecule has 4 rings (SSSR count). The number of amides is 3. The summed E-state index contributed by atoms with van der Waals surface area (Å²) >= 11 is 6.86. The Labute approximate surface area is 223 Å². The number of methoxy groups -OCH3 is 1. The summed E-state index contributed by atoms with van der Waals surface area (Å²) in [4.78, 5) is 51.0. The number of halogens is 1. The van der Waals surface area contributed by atoms with Gasteiger partial charge in [-0.25, -0.2) is 4.79 Å². The molecule has 0 spiro atoms. The van der Waals surface area contributed by atoms with E-state index >= 15 is 0 Å². The summed E-state index contributed by atoms with van der Waals surface area (Å²) in [6, 6.07) is 13.9. The number of carbonyl (C=O) groups is 4. The zero-order valence-electron chi connectivity index (χ0n) is 20.6. The van der Waals surface area contributed by atoms with E-state index in [1.165, 1.54) is 7.11 Å². The number of aryl methyl sites for hydroxylation is 2. The van der Waals surface area contributed by atoms with Gasteiger partial charge in [0.15, 0.2) is 0 Å². The van der Waals surface area contributed by atoms with Crippen molar-refractivity contribution in [2.24, 2.45) is 0 Å². The molecule has 3 amide bonds. The van der Waals surface area contributed by atoms with Crippen LogP contribution in [0.1, 0.15) is 32.9 Å². The number of para-hydroxylation sites is 1. The van der Waals surface area contributed by atoms with Crippen molar-refractivity contribution in [1.29, 1.82) is 0 Å². The minimum Gasteiger partial charge on any atom is -0.465 e. The summed E-state index contributed by atoms with van der Waals surface area (Å²) in [5, 5.41) is 2.46. The molecule has 0 radical (unpaired) electrons. The number of hydrogen-bond donors (Lipinski definition) is 1. The fourth-order valence-corrected chi connectivity index (χ4v) is 5.14. The van der Waals surface area contributed by atoms with Crippen LogP contribution in [-0.4, -0.2) is 46.1 Å². The average molecular weight is 538 g/mol. The third-order valence-corrected chi connectivity index (χ3v) is 7.18. The normalized spacial score (nSPS) is 14.4. The minimum atomic E-state index is -0.535. The molecule has 0 saturated carbocycles. The lowest BCUT2D eigenvalue weighted by molar-refractivity contribution is -0.127. The number of rotatable bonds is 6. The van der Waals surface area contributed by atoms with Gasteiger partial charge in [-0.2, -0.15) is 0 Å². The van der Waals surface area contributed by atoms with Crippen LogP contribution in [0.2, 0.25) is 5.02 Å². The summed E-state index contributed by atoms with van der Waals surface area (Å²) in [6.45, 7) is 5.33. The first-order valence-electron chi connectivity index (χ1n) is 11.3. The number of anilines is 1. The Morgan fingerprint density at radius 2 is 1.81 bits per heavy atom. The first kappa shape index (κ1) is 26.2. The molecule has 0 aliphatic carbocycles. The molecule has 37 heavy (non-hydrogen) atoms. The molecule has 0 unspecified atom stereocenters. The van der Waals surface area contributed by atoms with E-state index in [0.29, 0.717) is 16.3 Å². The summed E-state index contributed by atoms with van der Waals surface area (Å²) in [7, 11) is 1.34. The Balaban J connectivity index is 1.56. The molecule has 1 saturated heterocycles. The predicted octanol–water partition coefficient (Wildman–Crippen LogP) is 5.52. The smallest absolute Gasteiger partial charge is 0.337 e. The molecule has 1 aliphatic rings. The zero-order valence-corrected chi connectivity index (χ0v) is 22.2. The van der Waals surface area contributed by atoms with Gasteiger partial charge in [0.1, 0.15) is 6.54 Å². The summed E-state index contributed by atoms with van der Waals surface area (Å²) < 4.78 is 6.82. The summed E-state index contributed by atoms with van der Waals surface area (Å²) in [6.07, 6.45) is 1.66. The molecule has 1 aromatic heterocycles. The van der Waals surface area contributed by atoms with Crippen LogP contribution in [0.15, 0.2) is 53.4 Å². The van der Waals surface area contributed by atoms with E-state index in [-0.39, 0.29) is 4.91 Å². The Kier molecular flexibility index (Phi) is 7.56. The Morgan fingerprint density at radius 1 is 1.08 bits per heavy atom. The van der Waals surface area contributed by atoms with Crippen LogP contribution in [0.3, 0.4) is 0 Å². The SMILES string of the molecule is COC(=O)c1ccc(-n2c(C)cc(/C=C3/SC(=O)N(CC(=O)Nc4ccccc4Cl)C3=O)c2C)c(C)c1. The number of nitrogens with zero attached hydrogens (tertiary/aromatic N) is 2. The van der Waals surface area contributed by atoms with Crippen LogP contribution in [-0.2, 0) is 14.3 Å². The quantitative estimate of drug-likeness (QED) is 0.328. The van der Waals surface area contributed by atoms with Crippen LogP contribution in [0.25, 0.3) is 11.8 Å². The minimum absolute atomic E-state index is 0.230. The van der Waals surface area contributed by atoms with Crippen molar-refractivity contribution < 1.29 is 23.9 Å². The van der Waals surface area contributed by atoms with Gasteiger partial charge in [-0.15, -0.1) is 0 Å². The number of aromatic nitrogens is 1. The monoisotopic (exact) mass is 537 g/mol. The highest BCUT2D eigenvalue weighted by atomic mass is 35.5. The third-order valence-electron chi connectivity index (χ3n) is 5.94. The van der Waals surface area contributed by atoms with Crippen LogP contribution >= 0.6 is 23.4 Å². The number of ether oxygens (including phenoxy) is 1. The number of esters is 1. The van der Waals surface area contributed by atoms with E-state index in [2.05, 4.69) is 5.32 Å². The predicted molar refractivity (Wildman–Crippen MR) is 144 cm³/mol. The topological polar surface area (TPSA) is 97.7 Å². The third kappa shape index (κ3) is 5.33. The first-order valence-corrected chi connectivity index (χ1v) is 12.5. The fourth-order valence-electron chi connectivity index (χ4n) is 4.13. The number of carbonyl (C=O) groups excluding carboxylic acids is 4. The lowest BCUT2D eigenvalue weighted by Crippen LogP contribution is -2.36. The van der Waals surface area contributed by atoms with Crippen molar-refractivity contribution in [3.63, 3.8) is 0 Å². The standard InChI is InChI=1S/C27H24ClN3O5S/c1-15-11-18(26(34)36-4)9-10-22(15)31-16(2)12-19(17(31)3)13-23-25(33)30(27(35)37-23)14-24(32)29-21-8-6-5-7-20(21)28/h5-13H,14H2,1-4H3,(H,29,32)/b23-13+. The van der Waals surface area contributed by atoms with Gasteiger partial charge in [-0.1, -0.05) is 23.7 Å². The number of hydrogen-bond acceptors (Lipinski definition) is 6. The van der Waals surface area contributed by atoms with Crippen molar-refractivity contribution >= 4 is 58.1 Å². The van der Waals surface area contributed by atoms with Crippen molar-refractivity contribution in [3.8, 4) is 5.69 Å². The molecule has 10 heteroatoms. The maximum atomic E-state index is 13.0. The molecule has 0 bridgehead atoms. The van der Waals surface area contributed by atoms with E-state index in [1.54, 1.807) is 42.5 Å². The molecule has 2 aromatic carbocycles. The summed E-state index contributed by atoms with van der Waals surface area (Å²) in [5.41, 5.74) is 5.15. The second kappa shape index (κ2) is 10.7. The van der Waals surface area contributed by atoms with Crippen LogP contribution in [0, 0.1) is 20.8 Å². The molecule has 3 aromatic rings. The van der Waals surface area contributed by atoms with Crippen LogP contribution < -0.4 is 5.32 Å². The number of benzene rings is 2. The Hall–Kier alpha value is -3.82. The van der Waals surface area contributed by atoms with Gasteiger partial charge in [-0.05, 0) is 86.1 Å². The van der Waals surface area contributed by atoms with Gasteiger partial charge in [0.2, 0.25) is 5.91 Å². The van der Waals surface area contributed by atoms with E-state index in [9.17, 15) is 19.2 Å². The van der Waals surface area contributed by atoms with E-state index < -0.39 is 29.6 Å². The fraction of sp³-hybridized carbons (Fsp3) is 0.185. The molecule has 0 atom stereocenters. The Bertz CT molecular complexity index is 1480. The summed E-state index contributed by atoms with van der Waals surface area (Å²) in [5.74, 6) is -1.47. The van der Waals surface area contributed by atoms with Gasteiger partial charge in [0.25, 0.3) is 11.1 Å². The highest BCUT2D eigenvalue weighted by Crippen LogP contribution is 2.34. The second-order valence-corrected chi connectivity index (χ2v) is 9.85. The van der Waals surface area contributed by atoms with Gasteiger partial charge >= 0.3 is 5.97 Å². The van der Waals surface area contributed by atoms with Crippen molar-refractivity contribution in [2.75, 3.05) is 19.0 Å². The molecule has 1 fully saturated rings. The molecule has 2 heterocycles. The maximum absolute atomic E-state index is 13.0. The number of imide groups is 1. The first-order chi connectivity index (χ1) is 17.6. The second-order valence-electron chi connectivity index (χ2n) is 8.45. The lowest BCUT2D eigenvalue weighted by Gasteiger charge is -2.14. The van der Waals surface area contributed by atoms with E-state index in [4.69, 9.17) is 16.3 Å². The largest absolute Gasteiger partial charge is 0.465 e. The molecule has 1 N–H and O–H groups in total. The highest BCUT2D eigenvalue weighted by Gasteiger charge is 2.36.